The van der Waals surface area contributed by atoms with Crippen LogP contribution >= 0.6 is 11.6 Å². The number of ether oxygens (including phenoxy) is 2. The predicted octanol–water partition coefficient (Wildman–Crippen LogP) is 4.96. The van der Waals surface area contributed by atoms with Gasteiger partial charge in [-0.1, -0.05) is 16.8 Å². The third kappa shape index (κ3) is 4.62. The minimum Gasteiger partial charge on any atom is -0.495 e. The predicted molar refractivity (Wildman–Crippen MR) is 117 cm³/mol. The standard InChI is InChI=1S/C22H22ClFN4O4/c1-30-18-12-19(31-2)17(11-16(18)23)25-22(29)28-9-7-14(8-10-28)21-26-20(27-32-21)13-3-5-15(24)6-4-13/h3-6,11-12,14H,7-10H2,1-2H3,(H,25,29). The quantitative estimate of drug-likeness (QED) is 0.579. The van der Waals surface area contributed by atoms with E-state index in [0.717, 1.165) is 0 Å². The minimum atomic E-state index is -0.322. The Morgan fingerprint density at radius 3 is 2.50 bits per heavy atom. The van der Waals surface area contributed by atoms with E-state index in [4.69, 9.17) is 25.6 Å². The third-order valence-corrected chi connectivity index (χ3v) is 5.69. The number of hydrogen-bond acceptors (Lipinski definition) is 6. The molecule has 0 bridgehead atoms. The molecule has 168 valence electrons. The molecule has 0 aliphatic carbocycles. The summed E-state index contributed by atoms with van der Waals surface area (Å²) in [5.74, 6) is 1.58. The minimum absolute atomic E-state index is 0.0470. The van der Waals surface area contributed by atoms with Crippen molar-refractivity contribution in [3.8, 4) is 22.9 Å². The van der Waals surface area contributed by atoms with Gasteiger partial charge in [0.1, 0.15) is 17.3 Å². The van der Waals surface area contributed by atoms with Crippen molar-refractivity contribution in [1.82, 2.24) is 15.0 Å². The number of urea groups is 1. The molecule has 0 saturated carbocycles. The van der Waals surface area contributed by atoms with Crippen LogP contribution in [0.3, 0.4) is 0 Å². The van der Waals surface area contributed by atoms with Crippen molar-refractivity contribution in [2.24, 2.45) is 0 Å². The Kier molecular flexibility index (Phi) is 6.45. The van der Waals surface area contributed by atoms with Crippen LogP contribution in [-0.4, -0.2) is 48.4 Å². The van der Waals surface area contributed by atoms with Crippen LogP contribution in [0.15, 0.2) is 40.9 Å². The van der Waals surface area contributed by atoms with Crippen LogP contribution in [0, 0.1) is 5.82 Å². The van der Waals surface area contributed by atoms with Gasteiger partial charge in [-0.2, -0.15) is 4.98 Å². The number of carbonyl (C=O) groups excluding carboxylic acids is 1. The number of carbonyl (C=O) groups is 1. The van der Waals surface area contributed by atoms with E-state index in [1.807, 2.05) is 0 Å². The van der Waals surface area contributed by atoms with Crippen LogP contribution < -0.4 is 14.8 Å². The number of nitrogens with one attached hydrogen (secondary N) is 1. The molecule has 4 rings (SSSR count). The number of anilines is 1. The maximum atomic E-state index is 13.1. The average Bonchev–Trinajstić information content (AvgIpc) is 3.30. The Bertz CT molecular complexity index is 1100. The lowest BCUT2D eigenvalue weighted by Crippen LogP contribution is -2.40. The molecule has 2 heterocycles. The van der Waals surface area contributed by atoms with E-state index < -0.39 is 0 Å². The molecule has 8 nitrogen and oxygen atoms in total. The second-order valence-electron chi connectivity index (χ2n) is 7.34. The SMILES string of the molecule is COc1cc(OC)c(NC(=O)N2CCC(c3nc(-c4ccc(F)cc4)no3)CC2)cc1Cl. The molecule has 1 N–H and O–H groups in total. The molecule has 2 aromatic carbocycles. The molecule has 32 heavy (non-hydrogen) atoms. The van der Waals surface area contributed by atoms with Crippen LogP contribution in [0.1, 0.15) is 24.7 Å². The van der Waals surface area contributed by atoms with Crippen LogP contribution in [-0.2, 0) is 0 Å². The van der Waals surface area contributed by atoms with Gasteiger partial charge >= 0.3 is 6.03 Å². The number of benzene rings is 2. The first-order chi connectivity index (χ1) is 15.5. The second-order valence-corrected chi connectivity index (χ2v) is 7.75. The number of hydrogen-bond donors (Lipinski definition) is 1. The zero-order valence-corrected chi connectivity index (χ0v) is 18.4. The summed E-state index contributed by atoms with van der Waals surface area (Å²) in [7, 11) is 3.02. The zero-order chi connectivity index (χ0) is 22.7. The van der Waals surface area contributed by atoms with E-state index in [9.17, 15) is 9.18 Å². The van der Waals surface area contributed by atoms with E-state index in [2.05, 4.69) is 15.5 Å². The molecule has 1 aromatic heterocycles. The molecular weight excluding hydrogens is 439 g/mol. The van der Waals surface area contributed by atoms with Crippen molar-refractivity contribution >= 4 is 23.3 Å². The molecule has 3 aromatic rings. The van der Waals surface area contributed by atoms with E-state index in [-0.39, 0.29) is 17.8 Å². The topological polar surface area (TPSA) is 89.7 Å². The van der Waals surface area contributed by atoms with Gasteiger partial charge in [0, 0.05) is 30.6 Å². The smallest absolute Gasteiger partial charge is 0.321 e. The van der Waals surface area contributed by atoms with E-state index in [1.54, 1.807) is 29.2 Å². The van der Waals surface area contributed by atoms with Gasteiger partial charge in [0.2, 0.25) is 11.7 Å². The van der Waals surface area contributed by atoms with Crippen LogP contribution in [0.25, 0.3) is 11.4 Å². The lowest BCUT2D eigenvalue weighted by molar-refractivity contribution is 0.187. The molecular formula is C22H22ClFN4O4. The summed E-state index contributed by atoms with van der Waals surface area (Å²) < 4.78 is 29.1. The van der Waals surface area contributed by atoms with Gasteiger partial charge in [-0.15, -0.1) is 0 Å². The first-order valence-corrected chi connectivity index (χ1v) is 10.4. The van der Waals surface area contributed by atoms with Crippen molar-refractivity contribution in [2.75, 3.05) is 32.6 Å². The Labute approximate surface area is 189 Å². The maximum absolute atomic E-state index is 13.1. The zero-order valence-electron chi connectivity index (χ0n) is 17.6. The van der Waals surface area contributed by atoms with Crippen molar-refractivity contribution in [3.05, 3.63) is 53.1 Å². The van der Waals surface area contributed by atoms with Gasteiger partial charge in [-0.25, -0.2) is 9.18 Å². The molecule has 0 spiro atoms. The van der Waals surface area contributed by atoms with Gasteiger partial charge in [-0.05, 0) is 43.2 Å². The number of amides is 2. The normalized spacial score (nSPS) is 14.3. The van der Waals surface area contributed by atoms with Crippen LogP contribution in [0.2, 0.25) is 5.02 Å². The summed E-state index contributed by atoms with van der Waals surface area (Å²) in [6.07, 6.45) is 1.36. The summed E-state index contributed by atoms with van der Waals surface area (Å²) in [5.41, 5.74) is 1.15. The lowest BCUT2D eigenvalue weighted by Gasteiger charge is -2.30. The fourth-order valence-electron chi connectivity index (χ4n) is 3.60. The Hall–Kier alpha value is -3.33. The number of methoxy groups -OCH3 is 2. The lowest BCUT2D eigenvalue weighted by atomic mass is 9.97. The average molecular weight is 461 g/mol. The molecule has 10 heteroatoms. The third-order valence-electron chi connectivity index (χ3n) is 5.39. The summed E-state index contributed by atoms with van der Waals surface area (Å²) in [6, 6.07) is 8.90. The molecule has 2 amide bonds. The van der Waals surface area contributed by atoms with Gasteiger partial charge in [0.05, 0.1) is 24.9 Å². The summed E-state index contributed by atoms with van der Waals surface area (Å²) in [4.78, 5) is 18.9. The molecule has 1 saturated heterocycles. The summed E-state index contributed by atoms with van der Waals surface area (Å²) in [6.45, 7) is 1.05. The van der Waals surface area contributed by atoms with Gasteiger partial charge in [-0.3, -0.25) is 0 Å². The molecule has 0 atom stereocenters. The first-order valence-electron chi connectivity index (χ1n) is 10.1. The van der Waals surface area contributed by atoms with E-state index in [0.29, 0.717) is 65.4 Å². The highest BCUT2D eigenvalue weighted by molar-refractivity contribution is 6.32. The van der Waals surface area contributed by atoms with Crippen molar-refractivity contribution in [1.29, 1.82) is 0 Å². The Balaban J connectivity index is 1.37. The van der Waals surface area contributed by atoms with Crippen LogP contribution in [0.5, 0.6) is 11.5 Å². The monoisotopic (exact) mass is 460 g/mol. The highest BCUT2D eigenvalue weighted by Crippen LogP contribution is 2.36. The van der Waals surface area contributed by atoms with Crippen molar-refractivity contribution < 1.29 is 23.2 Å². The summed E-state index contributed by atoms with van der Waals surface area (Å²) in [5, 5.41) is 7.22. The van der Waals surface area contributed by atoms with Gasteiger partial charge in [0.25, 0.3) is 0 Å². The molecule has 1 aliphatic heterocycles. The van der Waals surface area contributed by atoms with E-state index in [1.165, 1.54) is 26.4 Å². The number of aromatic nitrogens is 2. The Morgan fingerprint density at radius 1 is 1.16 bits per heavy atom. The second kappa shape index (κ2) is 9.44. The fourth-order valence-corrected chi connectivity index (χ4v) is 3.84. The number of nitrogens with zero attached hydrogens (tertiary/aromatic N) is 3. The number of likely N-dealkylation sites (tertiary alicyclic amines) is 1. The van der Waals surface area contributed by atoms with Crippen LogP contribution in [0.4, 0.5) is 14.9 Å². The molecule has 1 aliphatic rings. The van der Waals surface area contributed by atoms with Gasteiger partial charge in [0.15, 0.2) is 0 Å². The number of rotatable bonds is 5. The Morgan fingerprint density at radius 2 is 1.84 bits per heavy atom. The van der Waals surface area contributed by atoms with Crippen molar-refractivity contribution in [3.63, 3.8) is 0 Å². The highest BCUT2D eigenvalue weighted by Gasteiger charge is 2.28. The maximum Gasteiger partial charge on any atom is 0.321 e. The fraction of sp³-hybridized carbons (Fsp3) is 0.318. The molecule has 0 radical (unpaired) electrons. The number of piperidine rings is 1. The highest BCUT2D eigenvalue weighted by atomic mass is 35.5. The number of halogens is 2. The first kappa shape index (κ1) is 21.9. The largest absolute Gasteiger partial charge is 0.495 e. The molecule has 0 unspecified atom stereocenters. The van der Waals surface area contributed by atoms with Crippen molar-refractivity contribution in [2.45, 2.75) is 18.8 Å². The molecule has 1 fully saturated rings. The van der Waals surface area contributed by atoms with Gasteiger partial charge < -0.3 is 24.2 Å². The van der Waals surface area contributed by atoms with E-state index >= 15 is 0 Å². The summed E-state index contributed by atoms with van der Waals surface area (Å²) >= 11 is 6.18.